The third kappa shape index (κ3) is 3.24. The minimum Gasteiger partial charge on any atom is -0.389 e. The Bertz CT molecular complexity index is 1320. The number of benzene rings is 1. The molecule has 4 N–H and O–H groups in total. The van der Waals surface area contributed by atoms with Crippen LogP contribution >= 0.6 is 0 Å². The van der Waals surface area contributed by atoms with Gasteiger partial charge in [0.15, 0.2) is 17.3 Å². The lowest BCUT2D eigenvalue weighted by molar-refractivity contribution is 0.00560. The van der Waals surface area contributed by atoms with Crippen LogP contribution in [-0.4, -0.2) is 69.9 Å². The van der Waals surface area contributed by atoms with Crippen molar-refractivity contribution in [1.29, 1.82) is 0 Å². The van der Waals surface area contributed by atoms with Crippen LogP contribution in [0.4, 0.5) is 5.95 Å². The molecule has 1 saturated heterocycles. The molecule has 0 bridgehead atoms. The molecule has 11 nitrogen and oxygen atoms in total. The Balaban J connectivity index is 1.68. The molecule has 1 amide bonds. The zero-order chi connectivity index (χ0) is 22.5. The van der Waals surface area contributed by atoms with Crippen molar-refractivity contribution < 1.29 is 15.0 Å². The van der Waals surface area contributed by atoms with Crippen LogP contribution in [0.25, 0.3) is 16.7 Å². The number of likely N-dealkylation sites (tertiary alicyclic amines) is 1. The Morgan fingerprint density at radius 1 is 1.16 bits per heavy atom. The van der Waals surface area contributed by atoms with E-state index in [0.717, 1.165) is 0 Å². The van der Waals surface area contributed by atoms with Crippen molar-refractivity contribution in [3.63, 3.8) is 0 Å². The highest BCUT2D eigenvalue weighted by Crippen LogP contribution is 2.31. The van der Waals surface area contributed by atoms with E-state index in [1.807, 2.05) is 0 Å². The predicted molar refractivity (Wildman–Crippen MR) is 114 cm³/mol. The van der Waals surface area contributed by atoms with Gasteiger partial charge in [0.05, 0.1) is 11.6 Å². The van der Waals surface area contributed by atoms with Gasteiger partial charge >= 0.3 is 0 Å². The number of nitrogens with zero attached hydrogens (tertiary/aromatic N) is 7. The van der Waals surface area contributed by atoms with E-state index in [9.17, 15) is 15.0 Å². The molecular formula is C21H20N8O3. The van der Waals surface area contributed by atoms with Crippen LogP contribution in [0.3, 0.4) is 0 Å². The van der Waals surface area contributed by atoms with Gasteiger partial charge in [0.2, 0.25) is 5.95 Å². The average molecular weight is 432 g/mol. The Kier molecular flexibility index (Phi) is 4.57. The van der Waals surface area contributed by atoms with Crippen LogP contribution < -0.4 is 5.73 Å². The lowest BCUT2D eigenvalue weighted by Gasteiger charge is -2.35. The maximum Gasteiger partial charge on any atom is 0.275 e. The molecule has 32 heavy (non-hydrogen) atoms. The summed E-state index contributed by atoms with van der Waals surface area (Å²) in [6.07, 6.45) is 4.08. The maximum atomic E-state index is 13.0. The minimum absolute atomic E-state index is 0.0609. The predicted octanol–water partition coefficient (Wildman–Crippen LogP) is 0.260. The first-order valence-corrected chi connectivity index (χ1v) is 9.94. The third-order valence-electron chi connectivity index (χ3n) is 5.47. The molecule has 1 aliphatic heterocycles. The summed E-state index contributed by atoms with van der Waals surface area (Å²) < 4.78 is 1.49. The lowest BCUT2D eigenvalue weighted by atomic mass is 9.93. The molecule has 1 atom stereocenters. The molecule has 1 unspecified atom stereocenters. The topological polar surface area (TPSA) is 156 Å². The molecule has 4 heterocycles. The first kappa shape index (κ1) is 20.0. The fraction of sp³-hybridized carbons (Fsp3) is 0.238. The molecule has 5 rings (SSSR count). The van der Waals surface area contributed by atoms with Crippen molar-refractivity contribution in [2.24, 2.45) is 0 Å². The summed E-state index contributed by atoms with van der Waals surface area (Å²) in [5.41, 5.74) is 5.54. The van der Waals surface area contributed by atoms with Gasteiger partial charge in [-0.2, -0.15) is 10.1 Å². The quantitative estimate of drug-likeness (QED) is 0.411. The highest BCUT2D eigenvalue weighted by Gasteiger charge is 2.34. The number of amides is 1. The molecule has 1 aromatic carbocycles. The zero-order valence-electron chi connectivity index (χ0n) is 17.1. The molecule has 0 aliphatic carbocycles. The molecule has 1 aliphatic rings. The standard InChI is InChI=1S/C21H20N8O3/c1-21(32,19-23-6-2-7-24-19)12-3-4-14-15(9-12)29(16-5-8-25-20(22)26-16)27-17(14)18(31)28-10-13(30)11-28/h2-9,13,30,32H,10-11H2,1H3,(H2,22,25,26). The van der Waals surface area contributed by atoms with Crippen LogP contribution in [0, 0.1) is 0 Å². The summed E-state index contributed by atoms with van der Waals surface area (Å²) in [4.78, 5) is 31.0. The molecule has 162 valence electrons. The smallest absolute Gasteiger partial charge is 0.275 e. The number of carbonyl (C=O) groups excluding carboxylic acids is 1. The van der Waals surface area contributed by atoms with E-state index in [4.69, 9.17) is 5.73 Å². The van der Waals surface area contributed by atoms with E-state index in [-0.39, 0.29) is 36.5 Å². The first-order valence-electron chi connectivity index (χ1n) is 9.94. The Morgan fingerprint density at radius 2 is 1.91 bits per heavy atom. The number of hydrogen-bond donors (Lipinski definition) is 3. The van der Waals surface area contributed by atoms with Gasteiger partial charge in [-0.3, -0.25) is 4.79 Å². The fourth-order valence-electron chi connectivity index (χ4n) is 3.68. The second-order valence-corrected chi connectivity index (χ2v) is 7.77. The van der Waals surface area contributed by atoms with Crippen molar-refractivity contribution in [3.8, 4) is 5.82 Å². The van der Waals surface area contributed by atoms with Gasteiger partial charge in [-0.05, 0) is 30.7 Å². The van der Waals surface area contributed by atoms with E-state index >= 15 is 0 Å². The van der Waals surface area contributed by atoms with Crippen LogP contribution in [0.5, 0.6) is 0 Å². The summed E-state index contributed by atoms with van der Waals surface area (Å²) in [7, 11) is 0. The van der Waals surface area contributed by atoms with Gasteiger partial charge in [0, 0.05) is 43.1 Å². The first-order chi connectivity index (χ1) is 15.3. The summed E-state index contributed by atoms with van der Waals surface area (Å²) in [6, 6.07) is 8.44. The number of hydrogen-bond acceptors (Lipinski definition) is 9. The van der Waals surface area contributed by atoms with E-state index in [0.29, 0.717) is 22.3 Å². The normalized spacial score (nSPS) is 16.0. The van der Waals surface area contributed by atoms with Crippen LogP contribution in [0.1, 0.15) is 28.8 Å². The third-order valence-corrected chi connectivity index (χ3v) is 5.47. The number of β-amino-alcohol motifs (C(OH)–C–C–N with tert-alkyl or cyclic N) is 1. The summed E-state index contributed by atoms with van der Waals surface area (Å²) in [5.74, 6) is 0.373. The molecule has 4 aromatic rings. The largest absolute Gasteiger partial charge is 0.389 e. The summed E-state index contributed by atoms with van der Waals surface area (Å²) in [5, 5.41) is 25.9. The Morgan fingerprint density at radius 3 is 2.59 bits per heavy atom. The van der Waals surface area contributed by atoms with Crippen molar-refractivity contribution >= 4 is 22.8 Å². The van der Waals surface area contributed by atoms with E-state index in [1.54, 1.807) is 49.6 Å². The monoisotopic (exact) mass is 432 g/mol. The van der Waals surface area contributed by atoms with Crippen molar-refractivity contribution in [1.82, 2.24) is 34.6 Å². The fourth-order valence-corrected chi connectivity index (χ4v) is 3.68. The number of aromatic nitrogens is 6. The lowest BCUT2D eigenvalue weighted by Crippen LogP contribution is -2.53. The number of nitrogens with two attached hydrogens (primary N) is 1. The number of fused-ring (bicyclic) bond motifs is 1. The van der Waals surface area contributed by atoms with Crippen LogP contribution in [0.2, 0.25) is 0 Å². The number of aliphatic hydroxyl groups is 2. The number of anilines is 1. The van der Waals surface area contributed by atoms with Crippen LogP contribution in [0.15, 0.2) is 48.9 Å². The number of aliphatic hydroxyl groups excluding tert-OH is 1. The molecular weight excluding hydrogens is 412 g/mol. The van der Waals surface area contributed by atoms with E-state index in [1.165, 1.54) is 15.8 Å². The second-order valence-electron chi connectivity index (χ2n) is 7.77. The zero-order valence-corrected chi connectivity index (χ0v) is 17.1. The molecule has 11 heteroatoms. The Labute approximate surface area is 182 Å². The van der Waals surface area contributed by atoms with E-state index in [2.05, 4.69) is 25.0 Å². The molecule has 0 radical (unpaired) electrons. The SMILES string of the molecule is CC(O)(c1ccc2c(C(=O)N3CC(O)C3)nn(-c3ccnc(N)n3)c2c1)c1ncccn1. The number of rotatable bonds is 4. The van der Waals surface area contributed by atoms with Crippen LogP contribution in [-0.2, 0) is 5.60 Å². The van der Waals surface area contributed by atoms with Gasteiger partial charge < -0.3 is 20.8 Å². The van der Waals surface area contributed by atoms with E-state index < -0.39 is 11.7 Å². The Hall–Kier alpha value is -3.96. The number of carbonyl (C=O) groups is 1. The van der Waals surface area contributed by atoms with Crippen molar-refractivity contribution in [2.45, 2.75) is 18.6 Å². The minimum atomic E-state index is -1.49. The molecule has 1 fully saturated rings. The maximum absolute atomic E-state index is 13.0. The second kappa shape index (κ2) is 7.32. The van der Waals surface area contributed by atoms with Crippen molar-refractivity contribution in [3.05, 3.63) is 66.0 Å². The van der Waals surface area contributed by atoms with Gasteiger partial charge in [0.1, 0.15) is 5.60 Å². The highest BCUT2D eigenvalue weighted by molar-refractivity contribution is 6.05. The molecule has 3 aromatic heterocycles. The molecule has 0 saturated carbocycles. The molecule has 0 spiro atoms. The van der Waals surface area contributed by atoms with Gasteiger partial charge in [-0.1, -0.05) is 6.07 Å². The van der Waals surface area contributed by atoms with Gasteiger partial charge in [-0.15, -0.1) is 0 Å². The highest BCUT2D eigenvalue weighted by atomic mass is 16.3. The number of nitrogen functional groups attached to an aromatic ring is 1. The van der Waals surface area contributed by atoms with Crippen molar-refractivity contribution in [2.75, 3.05) is 18.8 Å². The van der Waals surface area contributed by atoms with Gasteiger partial charge in [0.25, 0.3) is 5.91 Å². The summed E-state index contributed by atoms with van der Waals surface area (Å²) >= 11 is 0. The average Bonchev–Trinajstić information content (AvgIpc) is 3.16. The van der Waals surface area contributed by atoms with Gasteiger partial charge in [-0.25, -0.2) is 19.6 Å². The summed E-state index contributed by atoms with van der Waals surface area (Å²) in [6.45, 7) is 2.11.